The van der Waals surface area contributed by atoms with Crippen LogP contribution in [-0.2, 0) is 9.84 Å². The summed E-state index contributed by atoms with van der Waals surface area (Å²) in [6.07, 6.45) is 2.51. The standard InChI is InChI=1S/C20H13ClF3N5O3S/c21-18-17(16-12(4-10(22)5-14(16)23)13-6-25-28-19(13)24)27-15-3-9(1-2-29(15)18)20(30)26-11-7-33(31,32)8-11/h1-6,11H,7-8H2,(H,25,28)(H,26,30). The molecule has 0 bridgehead atoms. The molecule has 3 aromatic heterocycles. The molecule has 5 rings (SSSR count). The Bertz CT molecular complexity index is 1540. The molecule has 1 fully saturated rings. The molecule has 0 radical (unpaired) electrons. The van der Waals surface area contributed by atoms with E-state index in [9.17, 15) is 26.4 Å². The van der Waals surface area contributed by atoms with Gasteiger partial charge < -0.3 is 5.32 Å². The third-order valence-corrected chi connectivity index (χ3v) is 7.43. The lowest BCUT2D eigenvalue weighted by Crippen LogP contribution is -2.52. The fourth-order valence-electron chi connectivity index (χ4n) is 3.72. The van der Waals surface area contributed by atoms with Crippen LogP contribution in [0.1, 0.15) is 10.4 Å². The summed E-state index contributed by atoms with van der Waals surface area (Å²) in [5, 5.41) is 8.19. The Morgan fingerprint density at radius 1 is 1.18 bits per heavy atom. The maximum atomic E-state index is 14.9. The lowest BCUT2D eigenvalue weighted by Gasteiger charge is -2.26. The molecule has 0 aliphatic carbocycles. The molecule has 1 aromatic carbocycles. The van der Waals surface area contributed by atoms with E-state index in [0.717, 1.165) is 12.3 Å². The van der Waals surface area contributed by atoms with E-state index in [1.807, 2.05) is 0 Å². The van der Waals surface area contributed by atoms with Crippen molar-refractivity contribution in [3.63, 3.8) is 0 Å². The molecule has 1 aliphatic heterocycles. The van der Waals surface area contributed by atoms with Gasteiger partial charge in [-0.2, -0.15) is 9.49 Å². The van der Waals surface area contributed by atoms with Crippen molar-refractivity contribution in [3.05, 3.63) is 65.0 Å². The quantitative estimate of drug-likeness (QED) is 0.452. The van der Waals surface area contributed by atoms with Gasteiger partial charge in [-0.3, -0.25) is 14.3 Å². The average molecular weight is 496 g/mol. The molecule has 4 aromatic rings. The average Bonchev–Trinajstić information content (AvgIpc) is 3.29. The number of benzene rings is 1. The minimum absolute atomic E-state index is 0.0438. The zero-order valence-corrected chi connectivity index (χ0v) is 18.0. The Hall–Kier alpha value is -3.38. The van der Waals surface area contributed by atoms with Crippen molar-refractivity contribution in [1.82, 2.24) is 24.9 Å². The number of hydrogen-bond acceptors (Lipinski definition) is 5. The van der Waals surface area contributed by atoms with E-state index in [0.29, 0.717) is 6.07 Å². The maximum Gasteiger partial charge on any atom is 0.251 e. The summed E-state index contributed by atoms with van der Waals surface area (Å²) >= 11 is 6.41. The van der Waals surface area contributed by atoms with E-state index in [4.69, 9.17) is 11.6 Å². The second kappa shape index (κ2) is 7.59. The number of halogens is 4. The van der Waals surface area contributed by atoms with Gasteiger partial charge in [-0.05, 0) is 18.2 Å². The number of nitrogens with one attached hydrogen (secondary N) is 2. The number of fused-ring (bicyclic) bond motifs is 1. The minimum Gasteiger partial charge on any atom is -0.347 e. The first-order valence-electron chi connectivity index (χ1n) is 9.50. The van der Waals surface area contributed by atoms with Gasteiger partial charge in [0.2, 0.25) is 5.95 Å². The van der Waals surface area contributed by atoms with Gasteiger partial charge in [0.1, 0.15) is 28.1 Å². The number of imidazole rings is 1. The number of nitrogens with zero attached hydrogens (tertiary/aromatic N) is 3. The third-order valence-electron chi connectivity index (χ3n) is 5.25. The van der Waals surface area contributed by atoms with Gasteiger partial charge in [0.15, 0.2) is 9.84 Å². The third kappa shape index (κ3) is 3.74. The first kappa shape index (κ1) is 21.5. The summed E-state index contributed by atoms with van der Waals surface area (Å²) in [5.41, 5.74) is -0.296. The predicted molar refractivity (Wildman–Crippen MR) is 113 cm³/mol. The zero-order chi connectivity index (χ0) is 23.5. The molecule has 1 amide bonds. The molecule has 13 heteroatoms. The van der Waals surface area contributed by atoms with Crippen molar-refractivity contribution in [2.24, 2.45) is 0 Å². The van der Waals surface area contributed by atoms with Crippen LogP contribution in [0.4, 0.5) is 13.2 Å². The molecule has 1 saturated heterocycles. The molecule has 4 heterocycles. The van der Waals surface area contributed by atoms with Gasteiger partial charge >= 0.3 is 0 Å². The number of carbonyl (C=O) groups excluding carboxylic acids is 1. The molecule has 8 nitrogen and oxygen atoms in total. The number of aromatic nitrogens is 4. The number of carbonyl (C=O) groups is 1. The number of H-pyrrole nitrogens is 1. The number of sulfone groups is 1. The lowest BCUT2D eigenvalue weighted by molar-refractivity contribution is 0.0942. The maximum absolute atomic E-state index is 14.9. The number of rotatable bonds is 4. The van der Waals surface area contributed by atoms with E-state index >= 15 is 0 Å². The summed E-state index contributed by atoms with van der Waals surface area (Å²) < 4.78 is 66.9. The Morgan fingerprint density at radius 3 is 2.61 bits per heavy atom. The van der Waals surface area contributed by atoms with Gasteiger partial charge in [0, 0.05) is 29.0 Å². The van der Waals surface area contributed by atoms with Gasteiger partial charge in [-0.15, -0.1) is 0 Å². The predicted octanol–water partition coefficient (Wildman–Crippen LogP) is 2.99. The number of aromatic amines is 1. The summed E-state index contributed by atoms with van der Waals surface area (Å²) in [6.45, 7) is 0. The highest BCUT2D eigenvalue weighted by Gasteiger charge is 2.34. The van der Waals surface area contributed by atoms with Crippen LogP contribution in [0.5, 0.6) is 0 Å². The van der Waals surface area contributed by atoms with E-state index < -0.39 is 39.4 Å². The second-order valence-electron chi connectivity index (χ2n) is 7.55. The fourth-order valence-corrected chi connectivity index (χ4v) is 5.29. The highest BCUT2D eigenvalue weighted by atomic mass is 35.5. The highest BCUT2D eigenvalue weighted by molar-refractivity contribution is 7.92. The minimum atomic E-state index is -3.10. The number of pyridine rings is 1. The van der Waals surface area contributed by atoms with Crippen molar-refractivity contribution in [1.29, 1.82) is 0 Å². The Kier molecular flexibility index (Phi) is 4.94. The Balaban J connectivity index is 1.57. The molecular weight excluding hydrogens is 483 g/mol. The van der Waals surface area contributed by atoms with E-state index in [1.165, 1.54) is 22.7 Å². The molecular formula is C20H13ClF3N5O3S. The molecule has 0 spiro atoms. The summed E-state index contributed by atoms with van der Waals surface area (Å²) in [5.74, 6) is -3.59. The monoisotopic (exact) mass is 495 g/mol. The van der Waals surface area contributed by atoms with Crippen molar-refractivity contribution < 1.29 is 26.4 Å². The van der Waals surface area contributed by atoms with Gasteiger partial charge in [-0.25, -0.2) is 22.2 Å². The molecule has 0 atom stereocenters. The van der Waals surface area contributed by atoms with Gasteiger partial charge in [-0.1, -0.05) is 11.6 Å². The van der Waals surface area contributed by atoms with Crippen molar-refractivity contribution in [2.45, 2.75) is 6.04 Å². The Morgan fingerprint density at radius 2 is 1.94 bits per heavy atom. The molecule has 2 N–H and O–H groups in total. The van der Waals surface area contributed by atoms with Gasteiger partial charge in [0.05, 0.1) is 29.3 Å². The first-order chi connectivity index (χ1) is 15.6. The highest BCUT2D eigenvalue weighted by Crippen LogP contribution is 2.39. The van der Waals surface area contributed by atoms with E-state index in [-0.39, 0.29) is 50.3 Å². The zero-order valence-electron chi connectivity index (χ0n) is 16.4. The molecule has 1 aliphatic rings. The van der Waals surface area contributed by atoms with Crippen LogP contribution in [0, 0.1) is 17.6 Å². The van der Waals surface area contributed by atoms with E-state index in [1.54, 1.807) is 0 Å². The van der Waals surface area contributed by atoms with Crippen molar-refractivity contribution in [2.75, 3.05) is 11.5 Å². The van der Waals surface area contributed by atoms with E-state index in [2.05, 4.69) is 20.5 Å². The Labute approximate surface area is 189 Å². The van der Waals surface area contributed by atoms with Crippen LogP contribution in [0.2, 0.25) is 5.15 Å². The summed E-state index contributed by atoms with van der Waals surface area (Å²) in [4.78, 5) is 16.8. The molecule has 33 heavy (non-hydrogen) atoms. The van der Waals surface area contributed by atoms with Crippen LogP contribution >= 0.6 is 11.6 Å². The van der Waals surface area contributed by atoms with Crippen LogP contribution < -0.4 is 5.32 Å². The van der Waals surface area contributed by atoms with Crippen molar-refractivity contribution in [3.8, 4) is 22.4 Å². The van der Waals surface area contributed by atoms with Crippen LogP contribution in [0.25, 0.3) is 28.0 Å². The lowest BCUT2D eigenvalue weighted by atomic mass is 9.99. The van der Waals surface area contributed by atoms with Crippen LogP contribution in [0.3, 0.4) is 0 Å². The molecule has 170 valence electrons. The van der Waals surface area contributed by atoms with Crippen molar-refractivity contribution >= 4 is 33.0 Å². The first-order valence-corrected chi connectivity index (χ1v) is 11.7. The number of hydrogen-bond donors (Lipinski definition) is 2. The topological polar surface area (TPSA) is 109 Å². The summed E-state index contributed by atoms with van der Waals surface area (Å²) in [7, 11) is -3.10. The smallest absolute Gasteiger partial charge is 0.251 e. The normalized spacial score (nSPS) is 15.5. The van der Waals surface area contributed by atoms with Crippen LogP contribution in [0.15, 0.2) is 36.7 Å². The molecule has 0 unspecified atom stereocenters. The van der Waals surface area contributed by atoms with Gasteiger partial charge in [0.25, 0.3) is 5.91 Å². The second-order valence-corrected chi connectivity index (χ2v) is 10.1. The summed E-state index contributed by atoms with van der Waals surface area (Å²) in [6, 6.07) is 3.92. The van der Waals surface area contributed by atoms with Crippen LogP contribution in [-0.4, -0.2) is 51.5 Å². The largest absolute Gasteiger partial charge is 0.347 e. The fraction of sp³-hybridized carbons (Fsp3) is 0.150. The number of amides is 1. The SMILES string of the molecule is O=C(NC1CS(=O)(=O)C1)c1ccn2c(Cl)c(-c3c(F)cc(F)cc3-c3cn[nH]c3F)nc2c1. The molecule has 0 saturated carbocycles.